The Morgan fingerprint density at radius 2 is 1.48 bits per heavy atom. The molecule has 0 aliphatic rings. The van der Waals surface area contributed by atoms with E-state index in [0.717, 1.165) is 11.3 Å². The molecule has 7 nitrogen and oxygen atoms in total. The maximum atomic E-state index is 13.5. The van der Waals surface area contributed by atoms with Gasteiger partial charge in [-0.25, -0.2) is 0 Å². The summed E-state index contributed by atoms with van der Waals surface area (Å²) in [7, 11) is 4.70. The Morgan fingerprint density at radius 3 is 1.97 bits per heavy atom. The Balaban J connectivity index is 2.37. The molecule has 0 spiro atoms. The van der Waals surface area contributed by atoms with Crippen LogP contribution in [0.3, 0.4) is 0 Å². The molecule has 0 bridgehead atoms. The van der Waals surface area contributed by atoms with Crippen LogP contribution in [0, 0.1) is 0 Å². The van der Waals surface area contributed by atoms with Crippen LogP contribution in [0.5, 0.6) is 17.2 Å². The molecular formula is C24H32N2O5. The van der Waals surface area contributed by atoms with Crippen molar-refractivity contribution in [3.63, 3.8) is 0 Å². The van der Waals surface area contributed by atoms with Crippen LogP contribution in [0.2, 0.25) is 0 Å². The zero-order chi connectivity index (χ0) is 23.0. The number of anilines is 1. The van der Waals surface area contributed by atoms with Gasteiger partial charge in [0.15, 0.2) is 0 Å². The van der Waals surface area contributed by atoms with Gasteiger partial charge in [0.05, 0.1) is 27.0 Å². The van der Waals surface area contributed by atoms with E-state index in [9.17, 15) is 9.59 Å². The van der Waals surface area contributed by atoms with Crippen molar-refractivity contribution in [1.82, 2.24) is 4.90 Å². The van der Waals surface area contributed by atoms with Gasteiger partial charge in [-0.2, -0.15) is 0 Å². The summed E-state index contributed by atoms with van der Waals surface area (Å²) >= 11 is 0. The molecule has 2 aromatic carbocycles. The highest BCUT2D eigenvalue weighted by atomic mass is 16.5. The number of benzene rings is 2. The fourth-order valence-corrected chi connectivity index (χ4v) is 3.69. The Bertz CT molecular complexity index is 891. The summed E-state index contributed by atoms with van der Waals surface area (Å²) < 4.78 is 15.8. The number of ether oxygens (including phenoxy) is 3. The van der Waals surface area contributed by atoms with Crippen LogP contribution in [-0.2, 0) is 16.1 Å². The highest BCUT2D eigenvalue weighted by molar-refractivity contribution is 6.01. The number of nitrogens with one attached hydrogen (secondary N) is 1. The monoisotopic (exact) mass is 428 g/mol. The van der Waals surface area contributed by atoms with Crippen LogP contribution in [0.25, 0.3) is 0 Å². The molecule has 0 aromatic heterocycles. The predicted molar refractivity (Wildman–Crippen MR) is 121 cm³/mol. The van der Waals surface area contributed by atoms with Gasteiger partial charge in [-0.1, -0.05) is 26.0 Å². The zero-order valence-corrected chi connectivity index (χ0v) is 19.2. The molecule has 0 saturated heterocycles. The smallest absolute Gasteiger partial charge is 0.250 e. The molecule has 2 aromatic rings. The van der Waals surface area contributed by atoms with Crippen molar-refractivity contribution in [3.05, 3.63) is 48.0 Å². The first-order valence-electron chi connectivity index (χ1n) is 10.3. The average molecular weight is 429 g/mol. The van der Waals surface area contributed by atoms with Crippen LogP contribution in [0.15, 0.2) is 42.5 Å². The maximum absolute atomic E-state index is 13.5. The second-order valence-corrected chi connectivity index (χ2v) is 7.21. The van der Waals surface area contributed by atoms with E-state index >= 15 is 0 Å². The van der Waals surface area contributed by atoms with Gasteiger partial charge >= 0.3 is 0 Å². The Hall–Kier alpha value is -3.22. The molecular weight excluding hydrogens is 396 g/mol. The van der Waals surface area contributed by atoms with Crippen LogP contribution in [0.1, 0.15) is 39.2 Å². The third kappa shape index (κ3) is 5.29. The predicted octanol–water partition coefficient (Wildman–Crippen LogP) is 4.26. The topological polar surface area (TPSA) is 77.1 Å². The van der Waals surface area contributed by atoms with Crippen molar-refractivity contribution in [1.29, 1.82) is 0 Å². The number of hydrogen-bond donors (Lipinski definition) is 1. The quantitative estimate of drug-likeness (QED) is 0.612. The van der Waals surface area contributed by atoms with E-state index in [2.05, 4.69) is 5.32 Å². The normalized spacial score (nSPS) is 10.9. The summed E-state index contributed by atoms with van der Waals surface area (Å²) in [6.07, 6.45) is 0.924. The lowest BCUT2D eigenvalue weighted by molar-refractivity contribution is -0.145. The van der Waals surface area contributed by atoms with E-state index in [0.29, 0.717) is 36.6 Å². The molecule has 0 saturated carbocycles. The first kappa shape index (κ1) is 24.1. The largest absolute Gasteiger partial charge is 0.497 e. The van der Waals surface area contributed by atoms with Crippen LogP contribution < -0.4 is 19.5 Å². The molecule has 0 aliphatic heterocycles. The van der Waals surface area contributed by atoms with E-state index in [4.69, 9.17) is 14.2 Å². The number of methoxy groups -OCH3 is 3. The van der Waals surface area contributed by atoms with E-state index in [-0.39, 0.29) is 11.8 Å². The van der Waals surface area contributed by atoms with Crippen LogP contribution in [0.4, 0.5) is 5.69 Å². The molecule has 0 unspecified atom stereocenters. The molecule has 0 heterocycles. The van der Waals surface area contributed by atoms with E-state index < -0.39 is 5.54 Å². The van der Waals surface area contributed by atoms with Crippen molar-refractivity contribution in [3.8, 4) is 17.2 Å². The van der Waals surface area contributed by atoms with E-state index in [1.807, 2.05) is 38.1 Å². The SMILES string of the molecule is CCC(CC)(C(=O)Nc1ccc(OC)cc1OC)N(Cc1ccc(OC)cc1)C(C)=O. The average Bonchev–Trinajstić information content (AvgIpc) is 2.79. The number of amides is 2. The highest BCUT2D eigenvalue weighted by Gasteiger charge is 2.42. The second-order valence-electron chi connectivity index (χ2n) is 7.21. The lowest BCUT2D eigenvalue weighted by Gasteiger charge is -2.41. The summed E-state index contributed by atoms with van der Waals surface area (Å²) in [6, 6.07) is 12.7. The van der Waals surface area contributed by atoms with Gasteiger partial charge in [-0.15, -0.1) is 0 Å². The lowest BCUT2D eigenvalue weighted by Crippen LogP contribution is -2.57. The summed E-state index contributed by atoms with van der Waals surface area (Å²) in [5.41, 5.74) is 0.418. The maximum Gasteiger partial charge on any atom is 0.250 e. The molecule has 2 rings (SSSR count). The fourth-order valence-electron chi connectivity index (χ4n) is 3.69. The van der Waals surface area contributed by atoms with Gasteiger partial charge in [0, 0.05) is 19.5 Å². The Morgan fingerprint density at radius 1 is 0.903 bits per heavy atom. The minimum absolute atomic E-state index is 0.170. The molecule has 0 aliphatic carbocycles. The molecule has 7 heteroatoms. The van der Waals surface area contributed by atoms with Crippen molar-refractivity contribution in [2.75, 3.05) is 26.6 Å². The highest BCUT2D eigenvalue weighted by Crippen LogP contribution is 2.33. The molecule has 1 N–H and O–H groups in total. The van der Waals surface area contributed by atoms with Gasteiger partial charge in [0.25, 0.3) is 0 Å². The van der Waals surface area contributed by atoms with Crippen molar-refractivity contribution < 1.29 is 23.8 Å². The van der Waals surface area contributed by atoms with Gasteiger partial charge in [0.2, 0.25) is 11.8 Å². The molecule has 0 radical (unpaired) electrons. The summed E-state index contributed by atoms with van der Waals surface area (Å²) in [6.45, 7) is 5.63. The van der Waals surface area contributed by atoms with Gasteiger partial charge in [-0.3, -0.25) is 9.59 Å². The van der Waals surface area contributed by atoms with Crippen LogP contribution in [-0.4, -0.2) is 43.6 Å². The molecule has 0 fully saturated rings. The Labute approximate surface area is 184 Å². The second kappa shape index (κ2) is 10.7. The van der Waals surface area contributed by atoms with Crippen molar-refractivity contribution in [2.24, 2.45) is 0 Å². The third-order valence-corrected chi connectivity index (χ3v) is 5.65. The molecule has 31 heavy (non-hydrogen) atoms. The minimum Gasteiger partial charge on any atom is -0.497 e. The minimum atomic E-state index is -1.02. The first-order valence-corrected chi connectivity index (χ1v) is 10.3. The Kier molecular flexibility index (Phi) is 8.30. The number of rotatable bonds is 10. The number of nitrogens with zero attached hydrogens (tertiary/aromatic N) is 1. The number of carbonyl (C=O) groups excluding carboxylic acids is 2. The van der Waals surface area contributed by atoms with E-state index in [1.165, 1.54) is 14.0 Å². The lowest BCUT2D eigenvalue weighted by atomic mass is 9.88. The standard InChI is InChI=1S/C24H32N2O5/c1-7-24(8-2,23(28)25-21-14-13-20(30-5)15-22(21)31-6)26(17(3)27)16-18-9-11-19(29-4)12-10-18/h9-15H,7-8,16H2,1-6H3,(H,25,28). The number of hydrogen-bond acceptors (Lipinski definition) is 5. The number of carbonyl (C=O) groups is 2. The summed E-state index contributed by atoms with van der Waals surface area (Å²) in [5.74, 6) is 1.41. The molecule has 2 amide bonds. The van der Waals surface area contributed by atoms with Crippen molar-refractivity contribution >= 4 is 17.5 Å². The summed E-state index contributed by atoms with van der Waals surface area (Å²) in [4.78, 5) is 27.9. The first-order chi connectivity index (χ1) is 14.8. The molecule has 0 atom stereocenters. The van der Waals surface area contributed by atoms with Gasteiger partial charge < -0.3 is 24.4 Å². The molecule has 168 valence electrons. The van der Waals surface area contributed by atoms with Gasteiger partial charge in [0.1, 0.15) is 22.8 Å². The van der Waals surface area contributed by atoms with Crippen LogP contribution >= 0.6 is 0 Å². The van der Waals surface area contributed by atoms with E-state index in [1.54, 1.807) is 37.3 Å². The fraction of sp³-hybridized carbons (Fsp3) is 0.417. The van der Waals surface area contributed by atoms with Gasteiger partial charge in [-0.05, 0) is 42.7 Å². The van der Waals surface area contributed by atoms with Crippen molar-refractivity contribution in [2.45, 2.75) is 45.7 Å². The zero-order valence-electron chi connectivity index (χ0n) is 19.2. The summed E-state index contributed by atoms with van der Waals surface area (Å²) in [5, 5.41) is 2.96. The third-order valence-electron chi connectivity index (χ3n) is 5.65.